The molecule has 2 aromatic rings. The van der Waals surface area contributed by atoms with Crippen molar-refractivity contribution < 1.29 is 13.2 Å². The summed E-state index contributed by atoms with van der Waals surface area (Å²) >= 11 is 5.85. The average Bonchev–Trinajstić information content (AvgIpc) is 2.75. The lowest BCUT2D eigenvalue weighted by molar-refractivity contribution is -0.137. The first-order chi connectivity index (χ1) is 9.27. The topological polar surface area (TPSA) is 34.0 Å². The summed E-state index contributed by atoms with van der Waals surface area (Å²) in [6.45, 7) is 0.665. The van der Waals surface area contributed by atoms with Crippen molar-refractivity contribution in [3.8, 4) is 5.82 Å². The summed E-state index contributed by atoms with van der Waals surface area (Å²) in [6, 6.07) is 0.844. The second-order valence-electron chi connectivity index (χ2n) is 4.56. The molecule has 0 atom stereocenters. The van der Waals surface area contributed by atoms with E-state index >= 15 is 0 Å². The van der Waals surface area contributed by atoms with Crippen molar-refractivity contribution >= 4 is 11.6 Å². The van der Waals surface area contributed by atoms with Crippen molar-refractivity contribution in [2.45, 2.75) is 12.7 Å². The Hall–Kier alpha value is -1.60. The molecular weight excluding hydrogens is 293 g/mol. The van der Waals surface area contributed by atoms with Crippen LogP contribution in [0, 0.1) is 0 Å². The van der Waals surface area contributed by atoms with E-state index in [2.05, 4.69) is 10.1 Å². The molecule has 4 nitrogen and oxygen atoms in total. The van der Waals surface area contributed by atoms with Gasteiger partial charge in [0.05, 0.1) is 16.8 Å². The molecule has 20 heavy (non-hydrogen) atoms. The molecule has 0 aliphatic heterocycles. The number of nitrogens with zero attached hydrogens (tertiary/aromatic N) is 4. The van der Waals surface area contributed by atoms with E-state index in [-0.39, 0.29) is 10.8 Å². The van der Waals surface area contributed by atoms with Crippen LogP contribution in [0.5, 0.6) is 0 Å². The third kappa shape index (κ3) is 3.29. The summed E-state index contributed by atoms with van der Waals surface area (Å²) in [7, 11) is 3.81. The first-order valence-electron chi connectivity index (χ1n) is 5.69. The minimum Gasteiger partial charge on any atom is -0.305 e. The third-order valence-electron chi connectivity index (χ3n) is 2.50. The van der Waals surface area contributed by atoms with Gasteiger partial charge in [0.15, 0.2) is 5.82 Å². The van der Waals surface area contributed by atoms with Crippen LogP contribution in [0.4, 0.5) is 13.2 Å². The van der Waals surface area contributed by atoms with Crippen LogP contribution in [-0.4, -0.2) is 33.8 Å². The highest BCUT2D eigenvalue weighted by Crippen LogP contribution is 2.31. The highest BCUT2D eigenvalue weighted by molar-refractivity contribution is 6.32. The quantitative estimate of drug-likeness (QED) is 0.874. The molecule has 0 bridgehead atoms. The smallest absolute Gasteiger partial charge is 0.305 e. The predicted octanol–water partition coefficient (Wildman–Crippen LogP) is 3.00. The Morgan fingerprint density at radius 3 is 2.55 bits per heavy atom. The Morgan fingerprint density at radius 1 is 1.30 bits per heavy atom. The number of hydrogen-bond donors (Lipinski definition) is 0. The molecule has 2 aromatic heterocycles. The van der Waals surface area contributed by atoms with Crippen LogP contribution < -0.4 is 0 Å². The van der Waals surface area contributed by atoms with E-state index in [9.17, 15) is 13.2 Å². The molecule has 108 valence electrons. The van der Waals surface area contributed by atoms with Gasteiger partial charge in [0.25, 0.3) is 0 Å². The van der Waals surface area contributed by atoms with Crippen molar-refractivity contribution in [2.75, 3.05) is 14.1 Å². The maximum Gasteiger partial charge on any atom is 0.417 e. The number of hydrogen-bond acceptors (Lipinski definition) is 3. The van der Waals surface area contributed by atoms with Gasteiger partial charge >= 0.3 is 6.18 Å². The summed E-state index contributed by atoms with van der Waals surface area (Å²) in [5.74, 6) is 0.171. The number of pyridine rings is 1. The van der Waals surface area contributed by atoms with Crippen LogP contribution in [0.2, 0.25) is 5.02 Å². The fraction of sp³-hybridized carbons (Fsp3) is 0.333. The van der Waals surface area contributed by atoms with Crippen LogP contribution in [0.3, 0.4) is 0 Å². The average molecular weight is 305 g/mol. The molecule has 0 unspecified atom stereocenters. The van der Waals surface area contributed by atoms with E-state index in [4.69, 9.17) is 11.6 Å². The van der Waals surface area contributed by atoms with Crippen molar-refractivity contribution in [3.63, 3.8) is 0 Å². The molecule has 0 aliphatic carbocycles. The van der Waals surface area contributed by atoms with Gasteiger partial charge in [-0.25, -0.2) is 9.67 Å². The van der Waals surface area contributed by atoms with Crippen molar-refractivity contribution in [1.29, 1.82) is 0 Å². The van der Waals surface area contributed by atoms with E-state index in [1.165, 1.54) is 4.68 Å². The summed E-state index contributed by atoms with van der Waals surface area (Å²) < 4.78 is 38.9. The molecule has 2 heterocycles. The van der Waals surface area contributed by atoms with Gasteiger partial charge in [0, 0.05) is 24.5 Å². The monoisotopic (exact) mass is 304 g/mol. The number of halogens is 4. The molecule has 0 fully saturated rings. The van der Waals surface area contributed by atoms with E-state index in [1.54, 1.807) is 12.4 Å². The van der Waals surface area contributed by atoms with Gasteiger partial charge in [-0.05, 0) is 20.2 Å². The Bertz CT molecular complexity index is 607. The first-order valence-corrected chi connectivity index (χ1v) is 6.06. The summed E-state index contributed by atoms with van der Waals surface area (Å²) in [4.78, 5) is 5.69. The zero-order chi connectivity index (χ0) is 14.9. The van der Waals surface area contributed by atoms with Crippen molar-refractivity contribution in [3.05, 3.63) is 40.8 Å². The van der Waals surface area contributed by atoms with Crippen LogP contribution >= 0.6 is 11.6 Å². The van der Waals surface area contributed by atoms with Crippen LogP contribution in [-0.2, 0) is 12.7 Å². The molecule has 0 saturated heterocycles. The second kappa shape index (κ2) is 5.41. The lowest BCUT2D eigenvalue weighted by Gasteiger charge is -2.09. The van der Waals surface area contributed by atoms with Gasteiger partial charge in [-0.1, -0.05) is 11.6 Å². The SMILES string of the molecule is CN(C)Cc1cnn(-c2ncc(C(F)(F)F)cc2Cl)c1. The summed E-state index contributed by atoms with van der Waals surface area (Å²) in [6.07, 6.45) is -0.416. The molecule has 0 amide bonds. The maximum absolute atomic E-state index is 12.5. The zero-order valence-electron chi connectivity index (χ0n) is 10.8. The minimum atomic E-state index is -4.46. The highest BCUT2D eigenvalue weighted by Gasteiger charge is 2.31. The lowest BCUT2D eigenvalue weighted by atomic mass is 10.3. The summed E-state index contributed by atoms with van der Waals surface area (Å²) in [5, 5.41) is 3.96. The van der Waals surface area contributed by atoms with E-state index < -0.39 is 11.7 Å². The molecule has 0 spiro atoms. The molecule has 0 saturated carbocycles. The number of aromatic nitrogens is 3. The zero-order valence-corrected chi connectivity index (χ0v) is 11.6. The Labute approximate surface area is 118 Å². The number of alkyl halides is 3. The molecule has 2 rings (SSSR count). The molecule has 0 radical (unpaired) electrons. The molecule has 0 aliphatic rings. The third-order valence-corrected chi connectivity index (χ3v) is 2.78. The Morgan fingerprint density at radius 2 is 2.00 bits per heavy atom. The van der Waals surface area contributed by atoms with Gasteiger partial charge in [-0.2, -0.15) is 18.3 Å². The second-order valence-corrected chi connectivity index (χ2v) is 4.97. The van der Waals surface area contributed by atoms with Gasteiger partial charge in [-0.15, -0.1) is 0 Å². The van der Waals surface area contributed by atoms with Crippen molar-refractivity contribution in [1.82, 2.24) is 19.7 Å². The Kier molecular flexibility index (Phi) is 4.01. The fourth-order valence-corrected chi connectivity index (χ4v) is 1.93. The molecule has 0 aromatic carbocycles. The van der Waals surface area contributed by atoms with E-state index in [0.717, 1.165) is 17.8 Å². The normalized spacial score (nSPS) is 12.2. The molecule has 0 N–H and O–H groups in total. The molecular formula is C12H12ClF3N4. The standard InChI is InChI=1S/C12H12ClF3N4/c1-19(2)6-8-4-18-20(7-8)11-10(13)3-9(5-17-11)12(14,15)16/h3-5,7H,6H2,1-2H3. The van der Waals surface area contributed by atoms with Crippen LogP contribution in [0.15, 0.2) is 24.7 Å². The minimum absolute atomic E-state index is 0.0978. The fourth-order valence-electron chi connectivity index (χ4n) is 1.68. The predicted molar refractivity (Wildman–Crippen MR) is 68.8 cm³/mol. The van der Waals surface area contributed by atoms with Crippen LogP contribution in [0.1, 0.15) is 11.1 Å². The number of rotatable bonds is 3. The lowest BCUT2D eigenvalue weighted by Crippen LogP contribution is -2.10. The summed E-state index contributed by atoms with van der Waals surface area (Å²) in [5.41, 5.74) is 0.0275. The highest BCUT2D eigenvalue weighted by atomic mass is 35.5. The van der Waals surface area contributed by atoms with Crippen LogP contribution in [0.25, 0.3) is 5.82 Å². The van der Waals surface area contributed by atoms with E-state index in [0.29, 0.717) is 6.54 Å². The first kappa shape index (κ1) is 14.8. The Balaban J connectivity index is 2.31. The van der Waals surface area contributed by atoms with Crippen molar-refractivity contribution in [2.24, 2.45) is 0 Å². The van der Waals surface area contributed by atoms with Gasteiger partial charge < -0.3 is 4.90 Å². The van der Waals surface area contributed by atoms with E-state index in [1.807, 2.05) is 19.0 Å². The molecule has 8 heteroatoms. The van der Waals surface area contributed by atoms with Gasteiger partial charge in [0.1, 0.15) is 0 Å². The van der Waals surface area contributed by atoms with Gasteiger partial charge in [-0.3, -0.25) is 0 Å². The van der Waals surface area contributed by atoms with Gasteiger partial charge in [0.2, 0.25) is 0 Å². The largest absolute Gasteiger partial charge is 0.417 e. The maximum atomic E-state index is 12.5.